The molecule has 0 unspecified atom stereocenters. The molecule has 0 radical (unpaired) electrons. The maximum atomic E-state index is 5.19. The van der Waals surface area contributed by atoms with Gasteiger partial charge in [-0.15, -0.1) is 0 Å². The Morgan fingerprint density at radius 3 is 1.04 bits per heavy atom. The van der Waals surface area contributed by atoms with Crippen LogP contribution in [0.4, 0.5) is 0 Å². The van der Waals surface area contributed by atoms with Gasteiger partial charge in [-0.25, -0.2) is 15.0 Å². The quantitative estimate of drug-likeness (QED) is 0.153. The van der Waals surface area contributed by atoms with Gasteiger partial charge in [0.1, 0.15) is 0 Å². The molecule has 0 aliphatic rings. The van der Waals surface area contributed by atoms with Crippen LogP contribution in [0.15, 0.2) is 249 Å². The molecule has 13 aromatic rings. The molecule has 5 nitrogen and oxygen atoms in total. The number of benzene rings is 10. The van der Waals surface area contributed by atoms with E-state index in [1.54, 1.807) is 0 Å². The van der Waals surface area contributed by atoms with Crippen LogP contribution in [-0.2, 0) is 0 Å². The lowest BCUT2D eigenvalue weighted by atomic mass is 10.0. The van der Waals surface area contributed by atoms with Crippen molar-refractivity contribution in [1.82, 2.24) is 24.1 Å². The van der Waals surface area contributed by atoms with Gasteiger partial charge in [0, 0.05) is 49.6 Å². The van der Waals surface area contributed by atoms with Crippen molar-refractivity contribution < 1.29 is 0 Å². The van der Waals surface area contributed by atoms with Crippen molar-refractivity contribution in [3.05, 3.63) is 249 Å². The van der Waals surface area contributed by atoms with E-state index in [4.69, 9.17) is 15.0 Å². The highest BCUT2D eigenvalue weighted by Crippen LogP contribution is 2.42. The number of nitrogens with zero attached hydrogens (tertiary/aromatic N) is 5. The van der Waals surface area contributed by atoms with Crippen molar-refractivity contribution in [1.29, 1.82) is 0 Å². The Labute approximate surface area is 393 Å². The van der Waals surface area contributed by atoms with Crippen LogP contribution in [0.2, 0.25) is 0 Å². The van der Waals surface area contributed by atoms with Crippen molar-refractivity contribution in [2.75, 3.05) is 0 Å². The average Bonchev–Trinajstić information content (AvgIpc) is 3.95. The summed E-state index contributed by atoms with van der Waals surface area (Å²) in [5, 5.41) is 4.78. The number of hydrogen-bond donors (Lipinski definition) is 0. The molecule has 0 saturated carbocycles. The minimum absolute atomic E-state index is 0.609. The molecule has 0 saturated heterocycles. The Kier molecular flexibility index (Phi) is 9.43. The lowest BCUT2D eigenvalue weighted by molar-refractivity contribution is 1.07. The molecule has 318 valence electrons. The number of hydrogen-bond acceptors (Lipinski definition) is 3. The summed E-state index contributed by atoms with van der Waals surface area (Å²) in [4.78, 5) is 15.4. The summed E-state index contributed by atoms with van der Waals surface area (Å²) in [5.74, 6) is 1.86. The number of para-hydroxylation sites is 2. The van der Waals surface area contributed by atoms with E-state index < -0.39 is 0 Å². The second-order valence-corrected chi connectivity index (χ2v) is 17.2. The largest absolute Gasteiger partial charge is 0.307 e. The lowest BCUT2D eigenvalue weighted by Crippen LogP contribution is -2.01. The van der Waals surface area contributed by atoms with E-state index in [0.717, 1.165) is 55.7 Å². The summed E-state index contributed by atoms with van der Waals surface area (Å²) in [5.41, 5.74) is 16.5. The molecular weight excluding hydrogens is 827 g/mol. The van der Waals surface area contributed by atoms with Crippen LogP contribution in [0, 0.1) is 0 Å². The van der Waals surface area contributed by atoms with Gasteiger partial charge in [-0.1, -0.05) is 212 Å². The van der Waals surface area contributed by atoms with Crippen LogP contribution in [0.3, 0.4) is 0 Å². The lowest BCUT2D eigenvalue weighted by Gasteiger charge is -2.14. The summed E-state index contributed by atoms with van der Waals surface area (Å²) in [6, 6.07) is 88.2. The van der Waals surface area contributed by atoms with E-state index in [2.05, 4.69) is 234 Å². The maximum Gasteiger partial charge on any atom is 0.164 e. The van der Waals surface area contributed by atoms with Crippen LogP contribution in [0.25, 0.3) is 123 Å². The molecule has 0 fully saturated rings. The van der Waals surface area contributed by atoms with Crippen LogP contribution < -0.4 is 0 Å². The van der Waals surface area contributed by atoms with Crippen LogP contribution >= 0.6 is 0 Å². The van der Waals surface area contributed by atoms with E-state index in [0.29, 0.717) is 17.5 Å². The standard InChI is InChI=1S/C63H41N5/c1-4-15-42(16-5-1)44-27-29-46(30-28-44)47-35-37-51(38-36-47)67-57-25-12-10-23-53(57)55-39-40-56-54-24-11-13-26-58(54)68(60(56)59(55)67)52-22-14-21-50(41-52)63-65-61(48-19-8-3-9-20-48)64-62(66-63)49-33-31-45(32-34-49)43-17-6-2-7-18-43/h1-41H. The van der Waals surface area contributed by atoms with Crippen molar-refractivity contribution in [2.24, 2.45) is 0 Å². The van der Waals surface area contributed by atoms with Crippen molar-refractivity contribution in [2.45, 2.75) is 0 Å². The molecule has 0 aliphatic heterocycles. The molecule has 3 aromatic heterocycles. The second-order valence-electron chi connectivity index (χ2n) is 17.2. The third kappa shape index (κ3) is 6.76. The van der Waals surface area contributed by atoms with E-state index in [1.165, 1.54) is 49.4 Å². The summed E-state index contributed by atoms with van der Waals surface area (Å²) in [6.07, 6.45) is 0. The fourth-order valence-electron chi connectivity index (χ4n) is 9.90. The van der Waals surface area contributed by atoms with Gasteiger partial charge in [0.15, 0.2) is 17.5 Å². The minimum atomic E-state index is 0.609. The van der Waals surface area contributed by atoms with Gasteiger partial charge < -0.3 is 9.13 Å². The fraction of sp³-hybridized carbons (Fsp3) is 0. The summed E-state index contributed by atoms with van der Waals surface area (Å²) in [7, 11) is 0. The third-order valence-electron chi connectivity index (χ3n) is 13.2. The number of fused-ring (bicyclic) bond motifs is 7. The van der Waals surface area contributed by atoms with E-state index in [-0.39, 0.29) is 0 Å². The van der Waals surface area contributed by atoms with Crippen LogP contribution in [0.5, 0.6) is 0 Å². The Balaban J connectivity index is 0.971. The van der Waals surface area contributed by atoms with E-state index >= 15 is 0 Å². The molecule has 0 aliphatic carbocycles. The van der Waals surface area contributed by atoms with Crippen LogP contribution in [-0.4, -0.2) is 24.1 Å². The van der Waals surface area contributed by atoms with Crippen LogP contribution in [0.1, 0.15) is 0 Å². The first-order valence-corrected chi connectivity index (χ1v) is 23.0. The predicted molar refractivity (Wildman–Crippen MR) is 281 cm³/mol. The van der Waals surface area contributed by atoms with Gasteiger partial charge >= 0.3 is 0 Å². The van der Waals surface area contributed by atoms with E-state index in [9.17, 15) is 0 Å². The first kappa shape index (κ1) is 39.2. The highest BCUT2D eigenvalue weighted by atomic mass is 15.1. The monoisotopic (exact) mass is 867 g/mol. The molecule has 13 rings (SSSR count). The Morgan fingerprint density at radius 1 is 0.221 bits per heavy atom. The van der Waals surface area contributed by atoms with Gasteiger partial charge in [0.25, 0.3) is 0 Å². The zero-order valence-corrected chi connectivity index (χ0v) is 36.9. The van der Waals surface area contributed by atoms with Gasteiger partial charge in [-0.3, -0.25) is 0 Å². The molecular formula is C63H41N5. The highest BCUT2D eigenvalue weighted by Gasteiger charge is 2.22. The second kappa shape index (κ2) is 16.4. The number of aromatic nitrogens is 5. The summed E-state index contributed by atoms with van der Waals surface area (Å²) in [6.45, 7) is 0. The van der Waals surface area contributed by atoms with Crippen molar-refractivity contribution >= 4 is 43.6 Å². The van der Waals surface area contributed by atoms with Gasteiger partial charge in [-0.2, -0.15) is 0 Å². The van der Waals surface area contributed by atoms with Gasteiger partial charge in [0.05, 0.1) is 22.1 Å². The molecule has 0 N–H and O–H groups in total. The molecule has 0 bridgehead atoms. The summed E-state index contributed by atoms with van der Waals surface area (Å²) >= 11 is 0. The van der Waals surface area contributed by atoms with Crippen molar-refractivity contribution in [3.8, 4) is 78.9 Å². The molecule has 0 atom stereocenters. The highest BCUT2D eigenvalue weighted by molar-refractivity contribution is 6.23. The molecule has 5 heteroatoms. The van der Waals surface area contributed by atoms with Crippen molar-refractivity contribution in [3.63, 3.8) is 0 Å². The minimum Gasteiger partial charge on any atom is -0.307 e. The zero-order chi connectivity index (χ0) is 45.0. The first-order chi connectivity index (χ1) is 33.7. The Hall–Kier alpha value is -9.19. The first-order valence-electron chi connectivity index (χ1n) is 23.0. The molecule has 0 amide bonds. The van der Waals surface area contributed by atoms with E-state index in [1.807, 2.05) is 24.3 Å². The summed E-state index contributed by atoms with van der Waals surface area (Å²) < 4.78 is 4.87. The molecule has 3 heterocycles. The zero-order valence-electron chi connectivity index (χ0n) is 36.9. The maximum absolute atomic E-state index is 5.19. The van der Waals surface area contributed by atoms with Gasteiger partial charge in [-0.05, 0) is 69.8 Å². The Bertz CT molecular complexity index is 3970. The van der Waals surface area contributed by atoms with Gasteiger partial charge in [0.2, 0.25) is 0 Å². The molecule has 10 aromatic carbocycles. The third-order valence-corrected chi connectivity index (χ3v) is 13.2. The normalized spacial score (nSPS) is 11.5. The SMILES string of the molecule is c1ccc(-c2ccc(-c3ccc(-n4c5ccccc5c5ccc6c7ccccc7n(-c7cccc(-c8nc(-c9ccccc9)nc(-c9ccc(-c%10ccccc%10)cc9)n8)c7)c6c54)cc3)cc2)cc1. The Morgan fingerprint density at radius 2 is 0.559 bits per heavy atom. The predicted octanol–water partition coefficient (Wildman–Crippen LogP) is 16.1. The number of rotatable bonds is 8. The fourth-order valence-corrected chi connectivity index (χ4v) is 9.90. The average molecular weight is 868 g/mol. The topological polar surface area (TPSA) is 48.5 Å². The smallest absolute Gasteiger partial charge is 0.164 e. The molecule has 0 spiro atoms. The molecule has 68 heavy (non-hydrogen) atoms.